The average Bonchev–Trinajstić information content (AvgIpc) is 1.97. The Morgan fingerprint density at radius 1 is 1.44 bits per heavy atom. The number of carbonyl (C=O) groups excluding carboxylic acids is 1. The van der Waals surface area contributed by atoms with Crippen LogP contribution in [0.3, 0.4) is 0 Å². The van der Waals surface area contributed by atoms with Gasteiger partial charge in [0.1, 0.15) is 5.60 Å². The summed E-state index contributed by atoms with van der Waals surface area (Å²) in [6.07, 6.45) is 0.695. The van der Waals surface area contributed by atoms with Crippen LogP contribution in [0.4, 0.5) is 4.79 Å². The molecule has 1 aliphatic heterocycles. The molecule has 0 bridgehead atoms. The second-order valence-electron chi connectivity index (χ2n) is 6.16. The van der Waals surface area contributed by atoms with Crippen LogP contribution in [0.15, 0.2) is 0 Å². The van der Waals surface area contributed by atoms with Gasteiger partial charge in [0.15, 0.2) is 0 Å². The molecule has 0 aromatic carbocycles. The zero-order valence-electron chi connectivity index (χ0n) is 11.1. The van der Waals surface area contributed by atoms with E-state index in [4.69, 9.17) is 4.74 Å². The maximum absolute atomic E-state index is 11.4. The van der Waals surface area contributed by atoms with Gasteiger partial charge in [-0.2, -0.15) is 0 Å². The van der Waals surface area contributed by atoms with E-state index in [-0.39, 0.29) is 6.09 Å². The first-order valence-corrected chi connectivity index (χ1v) is 5.86. The maximum Gasteiger partial charge on any atom is 0.407 e. The van der Waals surface area contributed by atoms with Crippen LogP contribution < -0.4 is 5.32 Å². The fourth-order valence-electron chi connectivity index (χ4n) is 2.20. The van der Waals surface area contributed by atoms with E-state index < -0.39 is 5.60 Å². The normalized spacial score (nSPS) is 20.1. The van der Waals surface area contributed by atoms with E-state index in [1.807, 2.05) is 20.8 Å². The third-order valence-corrected chi connectivity index (χ3v) is 2.70. The Morgan fingerprint density at radius 3 is 2.44 bits per heavy atom. The van der Waals surface area contributed by atoms with Gasteiger partial charge in [-0.3, -0.25) is 0 Å². The van der Waals surface area contributed by atoms with Gasteiger partial charge in [0.2, 0.25) is 0 Å². The lowest BCUT2D eigenvalue weighted by Gasteiger charge is -2.46. The summed E-state index contributed by atoms with van der Waals surface area (Å²) in [5.74, 6) is 0. The fourth-order valence-corrected chi connectivity index (χ4v) is 2.20. The van der Waals surface area contributed by atoms with Crippen molar-refractivity contribution < 1.29 is 9.53 Å². The van der Waals surface area contributed by atoms with Crippen molar-refractivity contribution in [3.8, 4) is 0 Å². The molecule has 94 valence electrons. The lowest BCUT2D eigenvalue weighted by Crippen LogP contribution is -2.53. The molecular formula is C12H24N2O2. The summed E-state index contributed by atoms with van der Waals surface area (Å²) in [6.45, 7) is 10.8. The van der Waals surface area contributed by atoms with Gasteiger partial charge in [0, 0.05) is 19.6 Å². The Morgan fingerprint density at radius 2 is 2.00 bits per heavy atom. The zero-order chi connectivity index (χ0) is 12.4. The molecule has 1 aliphatic rings. The van der Waals surface area contributed by atoms with Crippen molar-refractivity contribution >= 4 is 6.09 Å². The van der Waals surface area contributed by atoms with Crippen molar-refractivity contribution in [2.75, 3.05) is 26.7 Å². The number of rotatable bonds is 3. The SMILES string of the molecule is CN1CC(C)(CCNC(=O)OC(C)(C)C)C1. The Labute approximate surface area is 98.3 Å². The molecule has 0 radical (unpaired) electrons. The number of carbonyl (C=O) groups is 1. The number of nitrogens with one attached hydrogen (secondary N) is 1. The first-order valence-electron chi connectivity index (χ1n) is 5.86. The Bertz CT molecular complexity index is 252. The second kappa shape index (κ2) is 4.62. The summed E-state index contributed by atoms with van der Waals surface area (Å²) < 4.78 is 5.16. The van der Waals surface area contributed by atoms with Gasteiger partial charge in [-0.1, -0.05) is 6.92 Å². The Balaban J connectivity index is 2.14. The number of likely N-dealkylation sites (tertiary alicyclic amines) is 1. The van der Waals surface area contributed by atoms with Crippen molar-refractivity contribution in [3.05, 3.63) is 0 Å². The number of amides is 1. The van der Waals surface area contributed by atoms with E-state index in [0.717, 1.165) is 19.5 Å². The standard InChI is InChI=1S/C12H24N2O2/c1-11(2,3)16-10(15)13-7-6-12(4)8-14(5)9-12/h6-9H2,1-5H3,(H,13,15). The first kappa shape index (κ1) is 13.3. The molecule has 0 unspecified atom stereocenters. The zero-order valence-corrected chi connectivity index (χ0v) is 11.1. The minimum atomic E-state index is -0.412. The van der Waals surface area contributed by atoms with Crippen LogP contribution in [0.25, 0.3) is 0 Å². The van der Waals surface area contributed by atoms with Crippen LogP contribution in [0.1, 0.15) is 34.1 Å². The highest BCUT2D eigenvalue weighted by Crippen LogP contribution is 2.31. The van der Waals surface area contributed by atoms with Crippen molar-refractivity contribution in [2.45, 2.75) is 39.7 Å². The van der Waals surface area contributed by atoms with Gasteiger partial charge in [-0.25, -0.2) is 4.79 Å². The fraction of sp³-hybridized carbons (Fsp3) is 0.917. The number of hydrogen-bond acceptors (Lipinski definition) is 3. The highest BCUT2D eigenvalue weighted by Gasteiger charge is 2.35. The first-order chi connectivity index (χ1) is 7.20. The molecule has 0 aromatic rings. The van der Waals surface area contributed by atoms with Gasteiger partial charge in [0.25, 0.3) is 0 Å². The molecule has 0 saturated carbocycles. The molecule has 4 heteroatoms. The summed E-state index contributed by atoms with van der Waals surface area (Å²) in [4.78, 5) is 13.7. The number of ether oxygens (including phenoxy) is 1. The number of nitrogens with zero attached hydrogens (tertiary/aromatic N) is 1. The Hall–Kier alpha value is -0.770. The molecule has 1 heterocycles. The van der Waals surface area contributed by atoms with E-state index in [9.17, 15) is 4.79 Å². The molecule has 0 atom stereocenters. The van der Waals surface area contributed by atoms with Crippen LogP contribution in [0.2, 0.25) is 0 Å². The molecule has 1 rings (SSSR count). The molecule has 1 fully saturated rings. The van der Waals surface area contributed by atoms with E-state index in [0.29, 0.717) is 12.0 Å². The molecule has 4 nitrogen and oxygen atoms in total. The third kappa shape index (κ3) is 4.39. The highest BCUT2D eigenvalue weighted by atomic mass is 16.6. The Kier molecular flexibility index (Phi) is 3.84. The largest absolute Gasteiger partial charge is 0.444 e. The minimum absolute atomic E-state index is 0.316. The quantitative estimate of drug-likeness (QED) is 0.801. The molecule has 0 aromatic heterocycles. The van der Waals surface area contributed by atoms with Crippen LogP contribution >= 0.6 is 0 Å². The molecule has 1 amide bonds. The molecular weight excluding hydrogens is 204 g/mol. The smallest absolute Gasteiger partial charge is 0.407 e. The third-order valence-electron chi connectivity index (χ3n) is 2.70. The van der Waals surface area contributed by atoms with E-state index in [1.54, 1.807) is 0 Å². The maximum atomic E-state index is 11.4. The number of hydrogen-bond donors (Lipinski definition) is 1. The summed E-state index contributed by atoms with van der Waals surface area (Å²) in [6, 6.07) is 0. The van der Waals surface area contributed by atoms with Gasteiger partial charge >= 0.3 is 6.09 Å². The summed E-state index contributed by atoms with van der Waals surface area (Å²) in [7, 11) is 2.11. The summed E-state index contributed by atoms with van der Waals surface area (Å²) in [5, 5.41) is 2.80. The monoisotopic (exact) mass is 228 g/mol. The van der Waals surface area contributed by atoms with E-state index >= 15 is 0 Å². The predicted molar refractivity (Wildman–Crippen MR) is 64.5 cm³/mol. The van der Waals surface area contributed by atoms with Gasteiger partial charge in [0.05, 0.1) is 0 Å². The van der Waals surface area contributed by atoms with Crippen molar-refractivity contribution in [1.82, 2.24) is 10.2 Å². The topological polar surface area (TPSA) is 41.6 Å². The predicted octanol–water partition coefficient (Wildman–Crippen LogP) is 1.85. The molecule has 1 saturated heterocycles. The van der Waals surface area contributed by atoms with Gasteiger partial charge in [-0.05, 0) is 39.7 Å². The van der Waals surface area contributed by atoms with Crippen LogP contribution in [0, 0.1) is 5.41 Å². The van der Waals surface area contributed by atoms with E-state index in [2.05, 4.69) is 24.2 Å². The van der Waals surface area contributed by atoms with E-state index in [1.165, 1.54) is 0 Å². The lowest BCUT2D eigenvalue weighted by atomic mass is 9.79. The minimum Gasteiger partial charge on any atom is -0.444 e. The average molecular weight is 228 g/mol. The van der Waals surface area contributed by atoms with Crippen molar-refractivity contribution in [1.29, 1.82) is 0 Å². The van der Waals surface area contributed by atoms with Crippen LogP contribution in [-0.4, -0.2) is 43.3 Å². The lowest BCUT2D eigenvalue weighted by molar-refractivity contribution is 0.0281. The molecule has 16 heavy (non-hydrogen) atoms. The van der Waals surface area contributed by atoms with Crippen molar-refractivity contribution in [2.24, 2.45) is 5.41 Å². The summed E-state index contributed by atoms with van der Waals surface area (Å²) in [5.41, 5.74) is -0.0472. The molecule has 0 spiro atoms. The van der Waals surface area contributed by atoms with Crippen molar-refractivity contribution in [3.63, 3.8) is 0 Å². The van der Waals surface area contributed by atoms with Crippen LogP contribution in [0.5, 0.6) is 0 Å². The second-order valence-corrected chi connectivity index (χ2v) is 6.16. The highest BCUT2D eigenvalue weighted by molar-refractivity contribution is 5.67. The van der Waals surface area contributed by atoms with Gasteiger partial charge < -0.3 is 15.0 Å². The van der Waals surface area contributed by atoms with Gasteiger partial charge in [-0.15, -0.1) is 0 Å². The number of alkyl carbamates (subject to hydrolysis) is 1. The molecule has 1 N–H and O–H groups in total. The van der Waals surface area contributed by atoms with Crippen LogP contribution in [-0.2, 0) is 4.74 Å². The molecule has 0 aliphatic carbocycles. The summed E-state index contributed by atoms with van der Waals surface area (Å²) >= 11 is 0.